The van der Waals surface area contributed by atoms with Crippen LogP contribution in [0.25, 0.3) is 0 Å². The van der Waals surface area contributed by atoms with Gasteiger partial charge in [-0.2, -0.15) is 0 Å². The average Bonchev–Trinajstić information content (AvgIpc) is 2.61. The van der Waals surface area contributed by atoms with Gasteiger partial charge in [0, 0.05) is 19.2 Å². The van der Waals surface area contributed by atoms with E-state index in [1.165, 1.54) is 0 Å². The monoisotopic (exact) mass is 238 g/mol. The molecule has 94 valence electrons. The minimum atomic E-state index is -0.523. The van der Waals surface area contributed by atoms with Crippen molar-refractivity contribution < 1.29 is 18.9 Å². The molecule has 0 bridgehead atoms. The van der Waals surface area contributed by atoms with E-state index in [1.54, 1.807) is 0 Å². The Morgan fingerprint density at radius 3 is 2.59 bits per heavy atom. The average molecular weight is 238 g/mol. The first kappa shape index (κ1) is 14.5. The van der Waals surface area contributed by atoms with Crippen LogP contribution in [0.2, 0.25) is 0 Å². The Hall–Kier alpha value is -0.535. The number of ether oxygens (including phenoxy) is 4. The maximum atomic E-state index is 5.85. The molecule has 1 rings (SSSR count). The van der Waals surface area contributed by atoms with Gasteiger partial charge in [-0.25, -0.2) is 0 Å². The molecule has 0 N–H and O–H groups in total. The van der Waals surface area contributed by atoms with E-state index < -0.39 is 6.00 Å². The summed E-state index contributed by atoms with van der Waals surface area (Å²) in [5.41, 5.74) is 0. The minimum absolute atomic E-state index is 0.201. The highest BCUT2D eigenvalue weighted by atomic mass is 16.6. The number of hydrogen-bond donors (Lipinski definition) is 0. The zero-order valence-electron chi connectivity index (χ0n) is 10.4. The van der Waals surface area contributed by atoms with E-state index in [0.29, 0.717) is 19.8 Å². The van der Waals surface area contributed by atoms with Crippen LogP contribution in [0.1, 0.15) is 13.8 Å². The van der Waals surface area contributed by atoms with E-state index >= 15 is 0 Å². The van der Waals surface area contributed by atoms with Gasteiger partial charge >= 0.3 is 0 Å². The summed E-state index contributed by atoms with van der Waals surface area (Å²) in [6.07, 6.45) is 4.40. The molecule has 0 aromatic rings. The highest BCUT2D eigenvalue weighted by Gasteiger charge is 2.43. The number of rotatable bonds is 7. The summed E-state index contributed by atoms with van der Waals surface area (Å²) in [7, 11) is 5.85. The number of terminal acetylenes is 1. The van der Waals surface area contributed by atoms with Crippen LogP contribution in [-0.4, -0.2) is 58.6 Å². The fourth-order valence-electron chi connectivity index (χ4n) is 1.85. The second kappa shape index (κ2) is 7.73. The Bertz CT molecular complexity index is 253. The molecule has 0 aliphatic carbocycles. The molecule has 1 fully saturated rings. The topological polar surface area (TPSA) is 36.9 Å². The van der Waals surface area contributed by atoms with Crippen LogP contribution in [-0.2, 0) is 18.9 Å². The summed E-state index contributed by atoms with van der Waals surface area (Å²) >= 11 is 0. The first-order valence-electron chi connectivity index (χ1n) is 5.90. The second-order valence-corrected chi connectivity index (χ2v) is 3.70. The normalized spacial score (nSPS) is 32.5. The molecule has 0 saturated carbocycles. The van der Waals surface area contributed by atoms with Gasteiger partial charge in [0.1, 0.15) is 32.8 Å². The summed E-state index contributed by atoms with van der Waals surface area (Å²) in [6, 6.07) is -0.523. The fourth-order valence-corrected chi connectivity index (χ4v) is 1.85. The molecule has 2 radical (unpaired) electrons. The molecule has 4 atom stereocenters. The summed E-state index contributed by atoms with van der Waals surface area (Å²) in [5, 5.41) is 0. The highest BCUT2D eigenvalue weighted by Crippen LogP contribution is 2.25. The Morgan fingerprint density at radius 2 is 2.00 bits per heavy atom. The van der Waals surface area contributed by atoms with Crippen LogP contribution in [0.3, 0.4) is 0 Å². The molecule has 1 saturated heterocycles. The third-order valence-corrected chi connectivity index (χ3v) is 2.55. The van der Waals surface area contributed by atoms with Gasteiger partial charge < -0.3 is 18.9 Å². The predicted octanol–water partition coefficient (Wildman–Crippen LogP) is 0.340. The zero-order chi connectivity index (χ0) is 12.7. The summed E-state index contributed by atoms with van der Waals surface area (Å²) in [6.45, 7) is 5.69. The number of hydrogen-bond acceptors (Lipinski definition) is 4. The van der Waals surface area contributed by atoms with Gasteiger partial charge in [0.25, 0.3) is 0 Å². The van der Waals surface area contributed by atoms with Crippen LogP contribution in [0.15, 0.2) is 0 Å². The zero-order valence-corrected chi connectivity index (χ0v) is 10.4. The van der Waals surface area contributed by atoms with Gasteiger partial charge in [-0.15, -0.1) is 6.42 Å². The molecule has 0 aromatic carbocycles. The van der Waals surface area contributed by atoms with Gasteiger partial charge in [0.05, 0.1) is 6.61 Å². The maximum absolute atomic E-state index is 5.85. The quantitative estimate of drug-likeness (QED) is 0.473. The molecule has 5 heteroatoms. The first-order chi connectivity index (χ1) is 8.24. The summed E-state index contributed by atoms with van der Waals surface area (Å²) in [5.74, 6) is 2.42. The SMILES string of the molecule is [B][C@@H]1O[C@H](COCC)C(OCC)C1OCC#C. The van der Waals surface area contributed by atoms with Gasteiger partial charge in [-0.05, 0) is 13.8 Å². The van der Waals surface area contributed by atoms with Gasteiger partial charge in [-0.3, -0.25) is 0 Å². The molecule has 0 amide bonds. The molecule has 4 nitrogen and oxygen atoms in total. The molecular formula is C12H19BO4. The third-order valence-electron chi connectivity index (χ3n) is 2.55. The van der Waals surface area contributed by atoms with Crippen molar-refractivity contribution in [2.45, 2.75) is 38.2 Å². The van der Waals surface area contributed by atoms with Crippen molar-refractivity contribution in [1.29, 1.82) is 0 Å². The molecular weight excluding hydrogens is 219 g/mol. The molecule has 1 aliphatic rings. The molecule has 0 spiro atoms. The van der Waals surface area contributed by atoms with E-state index in [4.69, 9.17) is 33.2 Å². The van der Waals surface area contributed by atoms with Crippen molar-refractivity contribution in [3.63, 3.8) is 0 Å². The van der Waals surface area contributed by atoms with Crippen molar-refractivity contribution in [1.82, 2.24) is 0 Å². The Balaban J connectivity index is 2.58. The van der Waals surface area contributed by atoms with E-state index in [9.17, 15) is 0 Å². The smallest absolute Gasteiger partial charge is 0.114 e. The lowest BCUT2D eigenvalue weighted by Gasteiger charge is -2.23. The Morgan fingerprint density at radius 1 is 1.24 bits per heavy atom. The van der Waals surface area contributed by atoms with Crippen LogP contribution in [0.5, 0.6) is 0 Å². The van der Waals surface area contributed by atoms with Gasteiger partial charge in [0.15, 0.2) is 0 Å². The van der Waals surface area contributed by atoms with Crippen LogP contribution in [0, 0.1) is 12.3 Å². The van der Waals surface area contributed by atoms with Crippen molar-refractivity contribution in [2.75, 3.05) is 26.4 Å². The van der Waals surface area contributed by atoms with E-state index in [0.717, 1.165) is 0 Å². The van der Waals surface area contributed by atoms with E-state index in [2.05, 4.69) is 5.92 Å². The lowest BCUT2D eigenvalue weighted by Crippen LogP contribution is -2.39. The van der Waals surface area contributed by atoms with E-state index in [1.807, 2.05) is 13.8 Å². The Kier molecular flexibility index (Phi) is 6.60. The fraction of sp³-hybridized carbons (Fsp3) is 0.833. The third kappa shape index (κ3) is 4.00. The van der Waals surface area contributed by atoms with Crippen molar-refractivity contribution >= 4 is 7.85 Å². The molecule has 0 aromatic heterocycles. The van der Waals surface area contributed by atoms with Crippen molar-refractivity contribution in [3.05, 3.63) is 0 Å². The largest absolute Gasteiger partial charge is 0.379 e. The highest BCUT2D eigenvalue weighted by molar-refractivity contribution is 6.11. The summed E-state index contributed by atoms with van der Waals surface area (Å²) in [4.78, 5) is 0. The van der Waals surface area contributed by atoms with E-state index in [-0.39, 0.29) is 24.9 Å². The minimum Gasteiger partial charge on any atom is -0.379 e. The lowest BCUT2D eigenvalue weighted by molar-refractivity contribution is -0.0701. The standard InChI is InChI=1S/C12H19BO4/c1-4-7-16-11-10(15-6-3)9(8-14-5-2)17-12(11)13/h1,9-12H,5-8H2,2-3H3/t9-,10?,11?,12-/m1/s1. The van der Waals surface area contributed by atoms with Crippen LogP contribution < -0.4 is 0 Å². The second-order valence-electron chi connectivity index (χ2n) is 3.70. The molecule has 2 unspecified atom stereocenters. The van der Waals surface area contributed by atoms with Crippen LogP contribution >= 0.6 is 0 Å². The Labute approximate surface area is 104 Å². The summed E-state index contributed by atoms with van der Waals surface area (Å²) < 4.78 is 22.0. The molecule has 1 heterocycles. The van der Waals surface area contributed by atoms with Crippen molar-refractivity contribution in [3.8, 4) is 12.3 Å². The molecule has 17 heavy (non-hydrogen) atoms. The first-order valence-corrected chi connectivity index (χ1v) is 5.90. The molecule has 1 aliphatic heterocycles. The maximum Gasteiger partial charge on any atom is 0.114 e. The van der Waals surface area contributed by atoms with Crippen molar-refractivity contribution in [2.24, 2.45) is 0 Å². The lowest BCUT2D eigenvalue weighted by atomic mass is 9.92. The predicted molar refractivity (Wildman–Crippen MR) is 64.9 cm³/mol. The van der Waals surface area contributed by atoms with Gasteiger partial charge in [-0.1, -0.05) is 5.92 Å². The van der Waals surface area contributed by atoms with Gasteiger partial charge in [0.2, 0.25) is 0 Å². The van der Waals surface area contributed by atoms with Crippen LogP contribution in [0.4, 0.5) is 0 Å².